The fourth-order valence-electron chi connectivity index (χ4n) is 5.09. The van der Waals surface area contributed by atoms with Crippen LogP contribution >= 0.6 is 0 Å². The molecule has 1 saturated heterocycles. The van der Waals surface area contributed by atoms with Crippen molar-refractivity contribution in [1.82, 2.24) is 29.0 Å². The molecule has 0 aliphatic carbocycles. The highest BCUT2D eigenvalue weighted by Crippen LogP contribution is 2.33. The fourth-order valence-corrected chi connectivity index (χ4v) is 6.40. The van der Waals surface area contributed by atoms with Gasteiger partial charge in [-0.15, -0.1) is 24.5 Å². The summed E-state index contributed by atoms with van der Waals surface area (Å²) in [6.45, 7) is 5.89. The molecule has 1 unspecified atom stereocenters. The van der Waals surface area contributed by atoms with Gasteiger partial charge in [0.25, 0.3) is 15.7 Å². The highest BCUT2D eigenvalue weighted by molar-refractivity contribution is 7.89. The molecule has 0 amide bonds. The number of benzene rings is 1. The molecular weight excluding hydrogens is 600 g/mol. The Kier molecular flexibility index (Phi) is 11.3. The normalized spacial score (nSPS) is 14.5. The van der Waals surface area contributed by atoms with Crippen LogP contribution in [0.3, 0.4) is 0 Å². The SMILES string of the molecule is CCCc1nn(C)c2c(=O)[nH]c(-c3cc([S+]([O-])N4CC(N(CCCO[N+](=O)[O-])CCCO[N+](=O)[O-])C4)ccc3OCC)nc12. The zero-order valence-corrected chi connectivity index (χ0v) is 25.6. The molecule has 3 heterocycles. The van der Waals surface area contributed by atoms with Crippen molar-refractivity contribution in [1.29, 1.82) is 0 Å². The maximum Gasteiger partial charge on any atom is 0.294 e. The molecule has 2 aromatic heterocycles. The average Bonchev–Trinajstić information content (AvgIpc) is 3.27. The summed E-state index contributed by atoms with van der Waals surface area (Å²) in [4.78, 5) is 53.0. The van der Waals surface area contributed by atoms with Crippen molar-refractivity contribution in [2.45, 2.75) is 50.5 Å². The molecule has 1 fully saturated rings. The van der Waals surface area contributed by atoms with Crippen LogP contribution in [0.15, 0.2) is 27.9 Å². The Hall–Kier alpha value is -4.00. The Balaban J connectivity index is 1.51. The molecule has 18 heteroatoms. The van der Waals surface area contributed by atoms with Crippen LogP contribution in [0.4, 0.5) is 0 Å². The van der Waals surface area contributed by atoms with Gasteiger partial charge >= 0.3 is 0 Å². The number of nitrogens with zero attached hydrogens (tertiary/aromatic N) is 7. The molecule has 1 aliphatic rings. The quantitative estimate of drug-likeness (QED) is 0.0917. The molecule has 0 spiro atoms. The van der Waals surface area contributed by atoms with Crippen LogP contribution in [0.2, 0.25) is 0 Å². The third kappa shape index (κ3) is 7.93. The fraction of sp³-hybridized carbons (Fsp3) is 0.577. The summed E-state index contributed by atoms with van der Waals surface area (Å²) < 4.78 is 22.8. The second kappa shape index (κ2) is 15.1. The van der Waals surface area contributed by atoms with Gasteiger partial charge in [-0.2, -0.15) is 5.10 Å². The third-order valence-electron chi connectivity index (χ3n) is 7.11. The highest BCUT2D eigenvalue weighted by Gasteiger charge is 2.40. The van der Waals surface area contributed by atoms with Crippen LogP contribution in [-0.2, 0) is 34.5 Å². The van der Waals surface area contributed by atoms with Crippen LogP contribution < -0.4 is 10.3 Å². The molecule has 1 aromatic carbocycles. The minimum atomic E-state index is -1.55. The van der Waals surface area contributed by atoms with Crippen molar-refractivity contribution in [2.24, 2.45) is 7.05 Å². The number of H-pyrrole nitrogens is 1. The summed E-state index contributed by atoms with van der Waals surface area (Å²) in [5.74, 6) is 0.773. The van der Waals surface area contributed by atoms with Gasteiger partial charge in [0.05, 0.1) is 55.5 Å². The van der Waals surface area contributed by atoms with E-state index in [2.05, 4.69) is 19.8 Å². The smallest absolute Gasteiger partial charge is 0.294 e. The van der Waals surface area contributed by atoms with Gasteiger partial charge in [-0.3, -0.25) is 14.4 Å². The summed E-state index contributed by atoms with van der Waals surface area (Å²) in [5.41, 5.74) is 1.77. The summed E-state index contributed by atoms with van der Waals surface area (Å²) in [6.07, 6.45) is 2.26. The first-order valence-corrected chi connectivity index (χ1v) is 15.4. The van der Waals surface area contributed by atoms with Crippen LogP contribution in [0.25, 0.3) is 22.4 Å². The second-order valence-electron chi connectivity index (χ2n) is 10.1. The van der Waals surface area contributed by atoms with Gasteiger partial charge in [0, 0.05) is 32.2 Å². The largest absolute Gasteiger partial charge is 0.593 e. The average molecular weight is 637 g/mol. The van der Waals surface area contributed by atoms with E-state index in [1.807, 2.05) is 18.7 Å². The molecule has 1 N–H and O–H groups in total. The molecule has 1 aliphatic heterocycles. The zero-order valence-electron chi connectivity index (χ0n) is 24.8. The Bertz CT molecular complexity index is 1490. The molecule has 0 bridgehead atoms. The Morgan fingerprint density at radius 2 is 1.77 bits per heavy atom. The lowest BCUT2D eigenvalue weighted by molar-refractivity contribution is -0.758. The third-order valence-corrected chi connectivity index (χ3v) is 8.53. The number of rotatable bonds is 18. The first-order valence-electron chi connectivity index (χ1n) is 14.3. The number of aromatic amines is 1. The zero-order chi connectivity index (χ0) is 31.8. The van der Waals surface area contributed by atoms with Crippen LogP contribution in [0.1, 0.15) is 38.8 Å². The number of aromatic nitrogens is 4. The van der Waals surface area contributed by atoms with E-state index in [9.17, 15) is 29.6 Å². The van der Waals surface area contributed by atoms with E-state index >= 15 is 0 Å². The Morgan fingerprint density at radius 3 is 2.36 bits per heavy atom. The predicted octanol–water partition coefficient (Wildman–Crippen LogP) is 1.88. The molecule has 0 saturated carbocycles. The number of fused-ring (bicyclic) bond motifs is 1. The molecule has 1 atom stereocenters. The van der Waals surface area contributed by atoms with Gasteiger partial charge in [0.1, 0.15) is 17.1 Å². The van der Waals surface area contributed by atoms with Crippen LogP contribution in [0, 0.1) is 20.2 Å². The highest BCUT2D eigenvalue weighted by atomic mass is 32.2. The molecule has 17 nitrogen and oxygen atoms in total. The summed E-state index contributed by atoms with van der Waals surface area (Å²) in [5, 5.41) is 23.7. The van der Waals surface area contributed by atoms with E-state index in [1.165, 1.54) is 4.68 Å². The van der Waals surface area contributed by atoms with Crippen LogP contribution in [-0.4, -0.2) is 95.7 Å². The number of nitrogens with one attached hydrogen (secondary N) is 1. The van der Waals surface area contributed by atoms with E-state index in [1.54, 1.807) is 29.6 Å². The number of hydrogen-bond acceptors (Lipinski definition) is 13. The summed E-state index contributed by atoms with van der Waals surface area (Å²) >= 11 is -1.55. The predicted molar refractivity (Wildman–Crippen MR) is 158 cm³/mol. The minimum absolute atomic E-state index is 0.0182. The monoisotopic (exact) mass is 636 g/mol. The number of aryl methyl sites for hydroxylation is 2. The second-order valence-corrected chi connectivity index (χ2v) is 11.6. The van der Waals surface area contributed by atoms with E-state index in [-0.39, 0.29) is 30.6 Å². The molecule has 0 radical (unpaired) electrons. The van der Waals surface area contributed by atoms with Gasteiger partial charge in [-0.25, -0.2) is 4.98 Å². The van der Waals surface area contributed by atoms with Gasteiger partial charge in [0.15, 0.2) is 10.4 Å². The van der Waals surface area contributed by atoms with E-state index in [4.69, 9.17) is 9.72 Å². The minimum Gasteiger partial charge on any atom is -0.593 e. The van der Waals surface area contributed by atoms with Crippen molar-refractivity contribution >= 4 is 22.4 Å². The lowest BCUT2D eigenvalue weighted by atomic mass is 10.1. The topological polar surface area (TPSA) is 207 Å². The molecule has 44 heavy (non-hydrogen) atoms. The molecular formula is C26H36N8O9S. The summed E-state index contributed by atoms with van der Waals surface area (Å²) in [7, 11) is 1.70. The van der Waals surface area contributed by atoms with Crippen molar-refractivity contribution in [3.05, 3.63) is 54.5 Å². The van der Waals surface area contributed by atoms with Crippen molar-refractivity contribution in [3.63, 3.8) is 0 Å². The van der Waals surface area contributed by atoms with E-state index in [0.717, 1.165) is 12.1 Å². The Morgan fingerprint density at radius 1 is 1.11 bits per heavy atom. The van der Waals surface area contributed by atoms with Gasteiger partial charge in [-0.1, -0.05) is 13.3 Å². The van der Waals surface area contributed by atoms with Crippen molar-refractivity contribution < 1.29 is 29.1 Å². The first kappa shape index (κ1) is 32.9. The van der Waals surface area contributed by atoms with Crippen molar-refractivity contribution in [2.75, 3.05) is 46.0 Å². The number of hydrogen-bond donors (Lipinski definition) is 1. The van der Waals surface area contributed by atoms with Crippen molar-refractivity contribution in [3.8, 4) is 17.1 Å². The lowest BCUT2D eigenvalue weighted by Gasteiger charge is -2.44. The van der Waals surface area contributed by atoms with Crippen LogP contribution in [0.5, 0.6) is 5.75 Å². The molecule has 4 rings (SSSR count). The first-order chi connectivity index (χ1) is 21.1. The van der Waals surface area contributed by atoms with Gasteiger partial charge in [0.2, 0.25) is 0 Å². The molecule has 240 valence electrons. The van der Waals surface area contributed by atoms with E-state index < -0.39 is 21.5 Å². The van der Waals surface area contributed by atoms with Gasteiger partial charge in [-0.05, 0) is 38.3 Å². The standard InChI is InChI=1S/C26H36N8O9S/c1-4-8-21-23-24(30(3)29-21)26(35)28-25(27-23)20-15-19(9-10-22(20)41-5-2)44(40)32-16-18(17-32)31(11-6-13-42-33(36)37)12-7-14-43-34(38)39/h9-10,15,18H,4-8,11-14,16-17H2,1-3H3,(H,27,28,35). The summed E-state index contributed by atoms with van der Waals surface area (Å²) in [6, 6.07) is 5.11. The molecule has 3 aromatic rings. The maximum absolute atomic E-state index is 13.6. The maximum atomic E-state index is 13.6. The van der Waals surface area contributed by atoms with E-state index in [0.29, 0.717) is 79.3 Å². The Labute approximate surface area is 255 Å². The lowest BCUT2D eigenvalue weighted by Crippen LogP contribution is -2.61. The number of ether oxygens (including phenoxy) is 1. The van der Waals surface area contributed by atoms with Gasteiger partial charge < -0.3 is 23.9 Å².